The predicted octanol–water partition coefficient (Wildman–Crippen LogP) is 7.76. The zero-order valence-corrected chi connectivity index (χ0v) is 17.3. The van der Waals surface area contributed by atoms with Gasteiger partial charge in [-0.15, -0.1) is 22.7 Å². The summed E-state index contributed by atoms with van der Waals surface area (Å²) in [6.45, 7) is 0.395. The summed E-state index contributed by atoms with van der Waals surface area (Å²) in [6, 6.07) is 19.7. The van der Waals surface area contributed by atoms with Crippen molar-refractivity contribution in [2.45, 2.75) is 0 Å². The van der Waals surface area contributed by atoms with E-state index in [2.05, 4.69) is 4.74 Å². The minimum Gasteiger partial charge on any atom is -0.429 e. The molecular weight excluding hydrogens is 445 g/mol. The Morgan fingerprint density at radius 2 is 1.10 bits per heavy atom. The van der Waals surface area contributed by atoms with E-state index in [-0.39, 0.29) is 5.75 Å². The van der Waals surface area contributed by atoms with Crippen LogP contribution in [0.15, 0.2) is 84.9 Å². The summed E-state index contributed by atoms with van der Waals surface area (Å²) in [5.74, 6) is 0.488. The summed E-state index contributed by atoms with van der Waals surface area (Å²) in [6.07, 6.45) is -2.49. The van der Waals surface area contributed by atoms with Crippen molar-refractivity contribution in [3.63, 3.8) is 0 Å². The molecule has 0 aliphatic carbocycles. The van der Waals surface area contributed by atoms with E-state index in [1.807, 2.05) is 36.4 Å². The van der Waals surface area contributed by atoms with Gasteiger partial charge in [-0.3, -0.25) is 4.79 Å². The van der Waals surface area contributed by atoms with E-state index in [4.69, 9.17) is 4.74 Å². The molecule has 0 saturated heterocycles. The predicted molar refractivity (Wildman–Crippen MR) is 116 cm³/mol. The van der Waals surface area contributed by atoms with Gasteiger partial charge in [-0.05, 0) is 83.9 Å². The minimum atomic E-state index is -2.49. The van der Waals surface area contributed by atoms with Gasteiger partial charge in [0.25, 0.3) is 6.47 Å². The summed E-state index contributed by atoms with van der Waals surface area (Å²) < 4.78 is 46.5. The molecule has 0 unspecified atom stereocenters. The first-order valence-corrected chi connectivity index (χ1v) is 10.6. The summed E-state index contributed by atoms with van der Waals surface area (Å²) >= 11 is 3.23. The summed E-state index contributed by atoms with van der Waals surface area (Å²) in [7, 11) is 0. The molecule has 0 aliphatic heterocycles. The Hall–Kier alpha value is -3.36. The smallest absolute Gasteiger partial charge is 0.344 e. The molecule has 0 fully saturated rings. The van der Waals surface area contributed by atoms with E-state index in [1.165, 1.54) is 12.1 Å². The van der Waals surface area contributed by atoms with Gasteiger partial charge in [0.2, 0.25) is 0 Å². The fraction of sp³-hybridized carbons (Fsp3) is 0. The van der Waals surface area contributed by atoms with Gasteiger partial charge < -0.3 is 9.47 Å². The van der Waals surface area contributed by atoms with E-state index >= 15 is 0 Å². The Morgan fingerprint density at radius 3 is 1.55 bits per heavy atom. The van der Waals surface area contributed by atoms with Crippen molar-refractivity contribution in [3.05, 3.63) is 84.9 Å². The van der Waals surface area contributed by atoms with Gasteiger partial charge in [0.05, 0.1) is 0 Å². The maximum Gasteiger partial charge on any atom is 0.344 e. The summed E-state index contributed by atoms with van der Waals surface area (Å²) in [4.78, 5) is 14.7. The molecule has 0 atom stereocenters. The fourth-order valence-electron chi connectivity index (χ4n) is 2.83. The number of benzene rings is 2. The highest BCUT2D eigenvalue weighted by Gasteiger charge is 2.11. The van der Waals surface area contributed by atoms with Gasteiger partial charge in [0.1, 0.15) is 11.5 Å². The van der Waals surface area contributed by atoms with Crippen molar-refractivity contribution < 1.29 is 27.4 Å². The Labute approximate surface area is 183 Å². The maximum atomic E-state index is 12.9. The van der Waals surface area contributed by atoms with Crippen molar-refractivity contribution in [3.8, 4) is 42.1 Å². The molecule has 4 rings (SSSR count). The number of thiophene rings is 2. The topological polar surface area (TPSA) is 35.5 Å². The van der Waals surface area contributed by atoms with Crippen LogP contribution in [0.3, 0.4) is 0 Å². The minimum absolute atomic E-state index is 0.00158. The lowest BCUT2D eigenvalue weighted by molar-refractivity contribution is -0.120. The van der Waals surface area contributed by atoms with Crippen molar-refractivity contribution in [1.29, 1.82) is 0 Å². The van der Waals surface area contributed by atoms with Gasteiger partial charge in [0.15, 0.2) is 0 Å². The van der Waals surface area contributed by atoms with Crippen LogP contribution in [0.1, 0.15) is 0 Å². The van der Waals surface area contributed by atoms with Crippen LogP contribution < -0.4 is 9.47 Å². The SMILES string of the molecule is O=COc1ccc(-c2ccc(-c3ccc(-c4ccc(OC(F)=C(F)F)cc4)s3)s2)cc1. The quantitative estimate of drug-likeness (QED) is 0.210. The maximum absolute atomic E-state index is 12.9. The van der Waals surface area contributed by atoms with Crippen LogP contribution in [0.5, 0.6) is 11.5 Å². The van der Waals surface area contributed by atoms with Crippen molar-refractivity contribution in [1.82, 2.24) is 0 Å². The summed E-state index contributed by atoms with van der Waals surface area (Å²) in [5.41, 5.74) is 1.89. The molecule has 156 valence electrons. The van der Waals surface area contributed by atoms with Gasteiger partial charge >= 0.3 is 12.1 Å². The van der Waals surface area contributed by atoms with Gasteiger partial charge in [0, 0.05) is 19.5 Å². The highest BCUT2D eigenvalue weighted by molar-refractivity contribution is 7.25. The fourth-order valence-corrected chi connectivity index (χ4v) is 4.95. The Kier molecular flexibility index (Phi) is 6.20. The van der Waals surface area contributed by atoms with Gasteiger partial charge in [-0.1, -0.05) is 0 Å². The number of hydrogen-bond acceptors (Lipinski definition) is 5. The molecule has 0 radical (unpaired) electrons. The first kappa shape index (κ1) is 20.9. The number of carbonyl (C=O) groups excluding carboxylic acids is 1. The first-order valence-electron chi connectivity index (χ1n) is 8.93. The lowest BCUT2D eigenvalue weighted by Crippen LogP contribution is -1.90. The Balaban J connectivity index is 1.50. The Morgan fingerprint density at radius 1 is 0.645 bits per heavy atom. The van der Waals surface area contributed by atoms with E-state index in [0.717, 1.165) is 30.6 Å². The van der Waals surface area contributed by atoms with Crippen molar-refractivity contribution >= 4 is 29.1 Å². The molecule has 31 heavy (non-hydrogen) atoms. The molecule has 2 heterocycles. The molecule has 0 aliphatic rings. The monoisotopic (exact) mass is 458 g/mol. The van der Waals surface area contributed by atoms with E-state index < -0.39 is 12.1 Å². The number of rotatable bonds is 7. The molecule has 2 aromatic heterocycles. The lowest BCUT2D eigenvalue weighted by atomic mass is 10.2. The second-order valence-corrected chi connectivity index (χ2v) is 8.39. The average Bonchev–Trinajstić information content (AvgIpc) is 3.45. The number of ether oxygens (including phenoxy) is 2. The van der Waals surface area contributed by atoms with E-state index in [0.29, 0.717) is 12.2 Å². The Bertz CT molecular complexity index is 1220. The molecule has 2 aromatic carbocycles. The normalized spacial score (nSPS) is 10.5. The molecule has 8 heteroatoms. The third-order valence-electron chi connectivity index (χ3n) is 4.27. The van der Waals surface area contributed by atoms with Crippen LogP contribution in [-0.2, 0) is 4.79 Å². The molecular formula is C23H13F3O3S2. The van der Waals surface area contributed by atoms with E-state index in [9.17, 15) is 18.0 Å². The lowest BCUT2D eigenvalue weighted by Gasteiger charge is -2.03. The molecule has 3 nitrogen and oxygen atoms in total. The largest absolute Gasteiger partial charge is 0.429 e. The van der Waals surface area contributed by atoms with E-state index in [1.54, 1.807) is 46.9 Å². The molecule has 0 bridgehead atoms. The average molecular weight is 458 g/mol. The van der Waals surface area contributed by atoms with Crippen molar-refractivity contribution in [2.24, 2.45) is 0 Å². The third-order valence-corrected chi connectivity index (χ3v) is 6.74. The summed E-state index contributed by atoms with van der Waals surface area (Å²) in [5, 5.41) is 0. The van der Waals surface area contributed by atoms with Crippen LogP contribution >= 0.6 is 22.7 Å². The van der Waals surface area contributed by atoms with Gasteiger partial charge in [-0.25, -0.2) is 0 Å². The standard InChI is InChI=1S/C23H13F3O3S2/c24-22(25)23(26)29-17-7-3-15(4-8-17)19-10-12-21(31-19)20-11-9-18(30-20)14-1-5-16(6-2-14)28-13-27/h1-13H. The first-order chi connectivity index (χ1) is 15.0. The number of carbonyl (C=O) groups is 1. The molecule has 0 saturated carbocycles. The highest BCUT2D eigenvalue weighted by Crippen LogP contribution is 2.40. The van der Waals surface area contributed by atoms with Crippen LogP contribution in [0.25, 0.3) is 30.6 Å². The third kappa shape index (κ3) is 4.87. The van der Waals surface area contributed by atoms with Crippen LogP contribution in [0, 0.1) is 0 Å². The zero-order chi connectivity index (χ0) is 21.8. The van der Waals surface area contributed by atoms with Crippen LogP contribution in [-0.4, -0.2) is 6.47 Å². The highest BCUT2D eigenvalue weighted by atomic mass is 32.1. The molecule has 4 aromatic rings. The second-order valence-electron chi connectivity index (χ2n) is 6.23. The molecule has 0 amide bonds. The zero-order valence-electron chi connectivity index (χ0n) is 15.7. The molecule has 0 spiro atoms. The van der Waals surface area contributed by atoms with Crippen LogP contribution in [0.4, 0.5) is 13.2 Å². The number of halogens is 3. The van der Waals surface area contributed by atoms with Crippen LogP contribution in [0.2, 0.25) is 0 Å². The molecule has 0 N–H and O–H groups in total. The van der Waals surface area contributed by atoms with Crippen molar-refractivity contribution in [2.75, 3.05) is 0 Å². The second kappa shape index (κ2) is 9.20. The number of hydrogen-bond donors (Lipinski definition) is 0. The van der Waals surface area contributed by atoms with Gasteiger partial charge in [-0.2, -0.15) is 13.2 Å².